The van der Waals surface area contributed by atoms with Crippen LogP contribution in [0.15, 0.2) is 65.7 Å². The van der Waals surface area contributed by atoms with Crippen LogP contribution in [0.4, 0.5) is 0 Å². The van der Waals surface area contributed by atoms with Crippen LogP contribution in [-0.2, 0) is 75.2 Å². The molecule has 95 heavy (non-hydrogen) atoms. The standard InChI is InChI=1S/C63H98N18O13S/c1-37(2)33-45(57(89)74-41(53(68)85)27-32-95-3)73-52(84)36-72-54(86)46(34-38-15-6-4-7-16-38)78-58(90)47(35-39-17-8-5-9-18-39)79-56(88)42(23-25-50(66)82)75-55(87)43(24-26-51(67)83)76-59(91)49-22-14-31-81(49)62(94)44(20-10-11-28-64)77-60(92)48-21-13-30-80(48)61(93)40(65)19-12-29-71-63(69)70/h4-9,15-18,37,40-49H,10-14,19-36,64-65H2,1-3H3,(H2,66,82)(H2,67,83)(H2,68,85)(H,72,86)(H,73,84)(H,74,89)(H,75,87)(H,76,91)(H,77,92)(H,78,90)(H,79,88)(H4,69,70,71)/t40-,41+,42-,43+,44+,45+,46-,47+,48+,49-/m1/s1. The minimum Gasteiger partial charge on any atom is -0.370 e. The van der Waals surface area contributed by atoms with Gasteiger partial charge in [-0.15, -0.1) is 0 Å². The van der Waals surface area contributed by atoms with E-state index in [1.54, 1.807) is 60.7 Å². The van der Waals surface area contributed by atoms with Gasteiger partial charge in [0.25, 0.3) is 0 Å². The molecule has 2 aliphatic heterocycles. The molecule has 2 aliphatic rings. The Kier molecular flexibility index (Phi) is 33.9. The highest BCUT2D eigenvalue weighted by atomic mass is 32.2. The number of thioether (sulfide) groups is 1. The highest BCUT2D eigenvalue weighted by Crippen LogP contribution is 2.24. The number of carbonyl (C=O) groups is 13. The molecular formula is C63H98N18O13S. The fraction of sp³-hybridized carbons (Fsp3) is 0.587. The molecule has 0 saturated carbocycles. The normalized spacial score (nSPS) is 16.8. The number of nitrogens with one attached hydrogen (secondary N) is 8. The maximum absolute atomic E-state index is 14.7. The lowest BCUT2D eigenvalue weighted by Gasteiger charge is -2.32. The molecule has 0 bridgehead atoms. The quantitative estimate of drug-likeness (QED) is 0.0173. The summed E-state index contributed by atoms with van der Waals surface area (Å²) in [4.78, 5) is 185. The van der Waals surface area contributed by atoms with Crippen molar-refractivity contribution in [2.24, 2.45) is 51.0 Å². The fourth-order valence-electron chi connectivity index (χ4n) is 11.0. The third-order valence-corrected chi connectivity index (χ3v) is 16.7. The van der Waals surface area contributed by atoms with Gasteiger partial charge in [-0.05, 0) is 119 Å². The lowest BCUT2D eigenvalue weighted by atomic mass is 10.0. The minimum atomic E-state index is -1.64. The molecule has 10 atom stereocenters. The number of amides is 13. The van der Waals surface area contributed by atoms with Crippen LogP contribution < -0.4 is 82.7 Å². The lowest BCUT2D eigenvalue weighted by Crippen LogP contribution is -2.60. The minimum absolute atomic E-state index is 0.0736. The summed E-state index contributed by atoms with van der Waals surface area (Å²) < 4.78 is 0. The van der Waals surface area contributed by atoms with Gasteiger partial charge in [0.2, 0.25) is 76.8 Å². The van der Waals surface area contributed by atoms with Gasteiger partial charge >= 0.3 is 0 Å². The number of benzene rings is 2. The Morgan fingerprint density at radius 2 is 1.01 bits per heavy atom. The van der Waals surface area contributed by atoms with E-state index in [1.807, 2.05) is 20.1 Å². The third kappa shape index (κ3) is 27.5. The topological polar surface area (TPSA) is 519 Å². The van der Waals surface area contributed by atoms with E-state index in [4.69, 9.17) is 40.1 Å². The number of hydrogen-bond donors (Lipinski definition) is 15. The molecule has 22 N–H and O–H groups in total. The average Bonchev–Trinajstić information content (AvgIpc) is 1.74. The van der Waals surface area contributed by atoms with Crippen LogP contribution in [0.2, 0.25) is 0 Å². The van der Waals surface area contributed by atoms with Crippen molar-refractivity contribution < 1.29 is 62.3 Å². The van der Waals surface area contributed by atoms with Gasteiger partial charge in [0.15, 0.2) is 5.96 Å². The molecule has 0 radical (unpaired) electrons. The van der Waals surface area contributed by atoms with Gasteiger partial charge in [0, 0.05) is 45.3 Å². The first kappa shape index (κ1) is 78.5. The number of primary amides is 3. The maximum atomic E-state index is 14.7. The summed E-state index contributed by atoms with van der Waals surface area (Å²) in [5.74, 6) is -9.80. The van der Waals surface area contributed by atoms with Crippen molar-refractivity contribution in [2.75, 3.05) is 44.7 Å². The molecule has 0 aliphatic carbocycles. The van der Waals surface area contributed by atoms with E-state index in [1.165, 1.54) is 21.6 Å². The van der Waals surface area contributed by atoms with Gasteiger partial charge in [-0.2, -0.15) is 11.8 Å². The number of hydrogen-bond acceptors (Lipinski definition) is 17. The average molecular weight is 1350 g/mol. The Bertz CT molecular complexity index is 2960. The molecule has 2 saturated heterocycles. The SMILES string of the molecule is CSCC[C@H](NC(=O)[C@H](CC(C)C)NC(=O)CNC(=O)[C@@H](Cc1ccccc1)NC(=O)[C@H](Cc1ccccc1)NC(=O)[C@@H](CCC(N)=O)NC(=O)[C@H](CCC(N)=O)NC(=O)[C@H]1CCCN1C(=O)[C@H](CCCCN)NC(=O)[C@@H]1CCCN1C(=O)[C@H](N)CCCN=C(N)N)C(N)=O. The van der Waals surface area contributed by atoms with Crippen molar-refractivity contribution in [1.82, 2.24) is 52.3 Å². The molecule has 2 aromatic carbocycles. The van der Waals surface area contributed by atoms with E-state index < -0.39 is 169 Å². The Morgan fingerprint density at radius 3 is 1.51 bits per heavy atom. The van der Waals surface area contributed by atoms with Crippen LogP contribution in [0, 0.1) is 5.92 Å². The van der Waals surface area contributed by atoms with Gasteiger partial charge in [-0.3, -0.25) is 67.3 Å². The maximum Gasteiger partial charge on any atom is 0.245 e. The molecule has 4 rings (SSSR count). The Balaban J connectivity index is 1.56. The lowest BCUT2D eigenvalue weighted by molar-refractivity contribution is -0.144. The molecule has 32 heteroatoms. The van der Waals surface area contributed by atoms with E-state index in [-0.39, 0.29) is 83.0 Å². The zero-order valence-electron chi connectivity index (χ0n) is 54.5. The van der Waals surface area contributed by atoms with Gasteiger partial charge < -0.3 is 92.5 Å². The first-order valence-electron chi connectivity index (χ1n) is 32.2. The van der Waals surface area contributed by atoms with E-state index in [0.29, 0.717) is 55.4 Å². The Labute approximate surface area is 558 Å². The van der Waals surface area contributed by atoms with Crippen LogP contribution in [0.25, 0.3) is 0 Å². The number of likely N-dealkylation sites (tertiary alicyclic amines) is 2. The second-order valence-corrected chi connectivity index (χ2v) is 25.1. The van der Waals surface area contributed by atoms with Crippen molar-refractivity contribution >= 4 is 94.5 Å². The molecular weight excluding hydrogens is 1250 g/mol. The molecule has 31 nitrogen and oxygen atoms in total. The summed E-state index contributed by atoms with van der Waals surface area (Å²) in [5.41, 5.74) is 40.6. The van der Waals surface area contributed by atoms with Crippen molar-refractivity contribution in [3.05, 3.63) is 71.8 Å². The van der Waals surface area contributed by atoms with Crippen molar-refractivity contribution in [2.45, 2.75) is 183 Å². The van der Waals surface area contributed by atoms with Crippen LogP contribution in [0.1, 0.15) is 121 Å². The Morgan fingerprint density at radius 1 is 0.537 bits per heavy atom. The smallest absolute Gasteiger partial charge is 0.245 e. The van der Waals surface area contributed by atoms with E-state index in [2.05, 4.69) is 47.5 Å². The zero-order chi connectivity index (χ0) is 70.1. The number of guanidine groups is 1. The van der Waals surface area contributed by atoms with Gasteiger partial charge in [0.05, 0.1) is 12.6 Å². The summed E-state index contributed by atoms with van der Waals surface area (Å²) in [5, 5.41) is 21.1. The predicted octanol–water partition coefficient (Wildman–Crippen LogP) is -3.71. The largest absolute Gasteiger partial charge is 0.370 e. The molecule has 524 valence electrons. The van der Waals surface area contributed by atoms with E-state index in [0.717, 1.165) is 0 Å². The summed E-state index contributed by atoms with van der Waals surface area (Å²) >= 11 is 1.45. The molecule has 2 fully saturated rings. The monoisotopic (exact) mass is 1350 g/mol. The van der Waals surface area contributed by atoms with E-state index >= 15 is 0 Å². The number of nitrogens with zero attached hydrogens (tertiary/aromatic N) is 3. The first-order chi connectivity index (χ1) is 45.2. The Hall–Kier alpha value is -8.91. The fourth-order valence-corrected chi connectivity index (χ4v) is 11.5. The van der Waals surface area contributed by atoms with E-state index in [9.17, 15) is 62.3 Å². The molecule has 0 aromatic heterocycles. The number of nitrogens with two attached hydrogens (primary N) is 7. The summed E-state index contributed by atoms with van der Waals surface area (Å²) in [6.45, 7) is 3.86. The number of carbonyl (C=O) groups excluding carboxylic acids is 13. The second kappa shape index (κ2) is 41.0. The van der Waals surface area contributed by atoms with Crippen LogP contribution in [0.3, 0.4) is 0 Å². The highest BCUT2D eigenvalue weighted by molar-refractivity contribution is 7.98. The summed E-state index contributed by atoms with van der Waals surface area (Å²) in [6.07, 6.45) is 3.12. The van der Waals surface area contributed by atoms with Crippen molar-refractivity contribution in [3.8, 4) is 0 Å². The zero-order valence-corrected chi connectivity index (χ0v) is 55.3. The predicted molar refractivity (Wildman–Crippen MR) is 356 cm³/mol. The van der Waals surface area contributed by atoms with Crippen LogP contribution in [0.5, 0.6) is 0 Å². The van der Waals surface area contributed by atoms with Gasteiger partial charge in [-0.1, -0.05) is 74.5 Å². The van der Waals surface area contributed by atoms with Crippen LogP contribution in [-0.4, -0.2) is 198 Å². The third-order valence-electron chi connectivity index (χ3n) is 16.0. The van der Waals surface area contributed by atoms with Crippen molar-refractivity contribution in [1.29, 1.82) is 0 Å². The summed E-state index contributed by atoms with van der Waals surface area (Å²) in [6, 6.07) is 4.51. The number of rotatable bonds is 42. The number of aliphatic imine (C=N–C) groups is 1. The highest BCUT2D eigenvalue weighted by Gasteiger charge is 2.42. The molecule has 0 spiro atoms. The summed E-state index contributed by atoms with van der Waals surface area (Å²) in [7, 11) is 0. The molecule has 13 amide bonds. The molecule has 2 heterocycles. The molecule has 2 aromatic rings. The van der Waals surface area contributed by atoms with Crippen LogP contribution >= 0.6 is 11.8 Å². The van der Waals surface area contributed by atoms with Gasteiger partial charge in [-0.25, -0.2) is 0 Å². The van der Waals surface area contributed by atoms with Gasteiger partial charge in [0.1, 0.15) is 54.4 Å². The number of unbranched alkanes of at least 4 members (excludes halogenated alkanes) is 1. The van der Waals surface area contributed by atoms with Crippen molar-refractivity contribution in [3.63, 3.8) is 0 Å². The second-order valence-electron chi connectivity index (χ2n) is 24.1. The first-order valence-corrected chi connectivity index (χ1v) is 33.6. The molecule has 0 unspecified atom stereocenters.